The van der Waals surface area contributed by atoms with Crippen molar-refractivity contribution in [2.24, 2.45) is 5.92 Å². The van der Waals surface area contributed by atoms with Gasteiger partial charge in [-0.15, -0.1) is 0 Å². The molecule has 0 saturated heterocycles. The predicted octanol–water partition coefficient (Wildman–Crippen LogP) is 4.90. The Morgan fingerprint density at radius 3 is 2.58 bits per heavy atom. The molecule has 1 aromatic carbocycles. The van der Waals surface area contributed by atoms with Crippen molar-refractivity contribution in [1.29, 1.82) is 0 Å². The summed E-state index contributed by atoms with van der Waals surface area (Å²) in [5.74, 6) is 0.609. The zero-order valence-corrected chi connectivity index (χ0v) is 15.2. The van der Waals surface area contributed by atoms with Crippen LogP contribution >= 0.6 is 47.8 Å². The number of benzene rings is 1. The first-order valence-corrected chi connectivity index (χ1v) is 8.93. The van der Waals surface area contributed by atoms with E-state index in [1.165, 1.54) is 25.7 Å². The van der Waals surface area contributed by atoms with Crippen LogP contribution in [0.5, 0.6) is 0 Å². The second-order valence-corrected chi connectivity index (χ2v) is 8.02. The molecule has 0 unspecified atom stereocenters. The molecule has 1 N–H and O–H groups in total. The number of carbonyl (C=O) groups is 1. The largest absolute Gasteiger partial charge is 0.352 e. The van der Waals surface area contributed by atoms with E-state index in [1.807, 2.05) is 18.2 Å². The summed E-state index contributed by atoms with van der Waals surface area (Å²) in [6, 6.07) is 5.64. The Balaban J connectivity index is 1.89. The summed E-state index contributed by atoms with van der Waals surface area (Å²) in [4.78, 5) is 12.8. The van der Waals surface area contributed by atoms with Gasteiger partial charge in [-0.2, -0.15) is 0 Å². The molecule has 1 saturated carbocycles. The van der Waals surface area contributed by atoms with Crippen LogP contribution in [0.15, 0.2) is 27.1 Å². The first-order chi connectivity index (χ1) is 9.06. The molecule has 19 heavy (non-hydrogen) atoms. The average Bonchev–Trinajstić information content (AvgIpc) is 2.40. The molecule has 1 aromatic rings. The minimum atomic E-state index is -0.00543. The van der Waals surface area contributed by atoms with Crippen LogP contribution in [0.25, 0.3) is 0 Å². The molecule has 5 heteroatoms. The lowest BCUT2D eigenvalue weighted by atomic mass is 9.89. The molecule has 2 rings (SSSR count). The van der Waals surface area contributed by atoms with Crippen molar-refractivity contribution in [1.82, 2.24) is 5.32 Å². The van der Waals surface area contributed by atoms with Crippen LogP contribution in [0.2, 0.25) is 0 Å². The third-order valence-electron chi connectivity index (χ3n) is 3.50. The van der Waals surface area contributed by atoms with Crippen molar-refractivity contribution in [3.05, 3.63) is 32.7 Å². The average molecular weight is 454 g/mol. The number of nitrogens with one attached hydrogen (secondary N) is 1. The minimum Gasteiger partial charge on any atom is -0.352 e. The molecule has 1 amide bonds. The van der Waals surface area contributed by atoms with E-state index >= 15 is 0 Å². The summed E-state index contributed by atoms with van der Waals surface area (Å²) in [6.45, 7) is 0.775. The summed E-state index contributed by atoms with van der Waals surface area (Å²) in [5, 5.41) is 3.05. The van der Waals surface area contributed by atoms with Crippen LogP contribution in [-0.4, -0.2) is 17.3 Å². The van der Waals surface area contributed by atoms with Crippen LogP contribution in [0, 0.1) is 5.92 Å². The molecule has 104 valence electrons. The fourth-order valence-electron chi connectivity index (χ4n) is 2.33. The van der Waals surface area contributed by atoms with Crippen LogP contribution in [0.3, 0.4) is 0 Å². The maximum Gasteiger partial charge on any atom is 0.252 e. The van der Waals surface area contributed by atoms with Crippen molar-refractivity contribution in [2.75, 3.05) is 6.54 Å². The maximum atomic E-state index is 12.2. The van der Waals surface area contributed by atoms with Gasteiger partial charge in [0.1, 0.15) is 0 Å². The van der Waals surface area contributed by atoms with Crippen LogP contribution < -0.4 is 5.32 Å². The highest BCUT2D eigenvalue weighted by Crippen LogP contribution is 2.28. The molecule has 0 spiro atoms. The molecule has 0 radical (unpaired) electrons. The number of alkyl halides is 1. The van der Waals surface area contributed by atoms with Crippen LogP contribution in [-0.2, 0) is 0 Å². The standard InChI is InChI=1S/C14H16Br3NO/c15-10-3-1-9(2-4-10)8-18-14(19)12-7-11(16)5-6-13(12)17/h5-7,9-10H,1-4,8H2,(H,18,19). The van der Waals surface area contributed by atoms with Crippen molar-refractivity contribution in [3.8, 4) is 0 Å². The van der Waals surface area contributed by atoms with E-state index in [0.717, 1.165) is 15.5 Å². The van der Waals surface area contributed by atoms with Crippen LogP contribution in [0.1, 0.15) is 36.0 Å². The number of amides is 1. The summed E-state index contributed by atoms with van der Waals surface area (Å²) >= 11 is 10.5. The second-order valence-electron chi connectivity index (χ2n) is 4.95. The van der Waals surface area contributed by atoms with E-state index in [4.69, 9.17) is 0 Å². The molecule has 0 heterocycles. The van der Waals surface area contributed by atoms with Gasteiger partial charge in [-0.05, 0) is 65.7 Å². The number of rotatable bonds is 3. The van der Waals surface area contributed by atoms with Gasteiger partial charge in [-0.1, -0.05) is 31.9 Å². The molecule has 0 aliphatic heterocycles. The Bertz CT molecular complexity index is 456. The number of hydrogen-bond acceptors (Lipinski definition) is 1. The third-order valence-corrected chi connectivity index (χ3v) is 5.60. The minimum absolute atomic E-state index is 0.00543. The molecular weight excluding hydrogens is 438 g/mol. The van der Waals surface area contributed by atoms with Crippen molar-refractivity contribution < 1.29 is 4.79 Å². The van der Waals surface area contributed by atoms with Gasteiger partial charge < -0.3 is 5.32 Å². The first-order valence-electron chi connectivity index (χ1n) is 6.43. The van der Waals surface area contributed by atoms with Gasteiger partial charge in [-0.3, -0.25) is 4.79 Å². The molecule has 1 aliphatic rings. The Hall–Kier alpha value is 0.130. The lowest BCUT2D eigenvalue weighted by Gasteiger charge is -2.25. The number of hydrogen-bond donors (Lipinski definition) is 1. The molecular formula is C14H16Br3NO. The Morgan fingerprint density at radius 1 is 1.21 bits per heavy atom. The smallest absolute Gasteiger partial charge is 0.252 e. The summed E-state index contributed by atoms with van der Waals surface area (Å²) in [6.07, 6.45) is 4.80. The molecule has 1 fully saturated rings. The Kier molecular flexibility index (Phi) is 5.90. The first kappa shape index (κ1) is 15.5. The van der Waals surface area contributed by atoms with Gasteiger partial charge in [0, 0.05) is 20.3 Å². The lowest BCUT2D eigenvalue weighted by Crippen LogP contribution is -2.31. The number of carbonyl (C=O) groups excluding carboxylic acids is 1. The molecule has 0 atom stereocenters. The Morgan fingerprint density at radius 2 is 1.89 bits per heavy atom. The topological polar surface area (TPSA) is 29.1 Å². The highest BCUT2D eigenvalue weighted by molar-refractivity contribution is 9.11. The monoisotopic (exact) mass is 451 g/mol. The highest BCUT2D eigenvalue weighted by Gasteiger charge is 2.20. The normalized spacial score (nSPS) is 23.1. The van der Waals surface area contributed by atoms with Gasteiger partial charge in [0.2, 0.25) is 0 Å². The molecule has 0 bridgehead atoms. The molecule has 0 aromatic heterocycles. The molecule has 2 nitrogen and oxygen atoms in total. The van der Waals surface area contributed by atoms with Gasteiger partial charge in [-0.25, -0.2) is 0 Å². The van der Waals surface area contributed by atoms with Crippen molar-refractivity contribution in [3.63, 3.8) is 0 Å². The summed E-state index contributed by atoms with van der Waals surface area (Å²) in [7, 11) is 0. The highest BCUT2D eigenvalue weighted by atomic mass is 79.9. The van der Waals surface area contributed by atoms with Crippen molar-refractivity contribution >= 4 is 53.7 Å². The predicted molar refractivity (Wildman–Crippen MR) is 88.8 cm³/mol. The Labute approximate surface area is 139 Å². The van der Waals surface area contributed by atoms with Gasteiger partial charge in [0.25, 0.3) is 5.91 Å². The maximum absolute atomic E-state index is 12.2. The van der Waals surface area contributed by atoms with Gasteiger partial charge in [0.15, 0.2) is 0 Å². The summed E-state index contributed by atoms with van der Waals surface area (Å²) in [5.41, 5.74) is 0.684. The van der Waals surface area contributed by atoms with Gasteiger partial charge in [0.05, 0.1) is 5.56 Å². The third kappa shape index (κ3) is 4.57. The molecule has 1 aliphatic carbocycles. The van der Waals surface area contributed by atoms with E-state index in [1.54, 1.807) is 0 Å². The quantitative estimate of drug-likeness (QED) is 0.648. The van der Waals surface area contributed by atoms with E-state index in [2.05, 4.69) is 53.1 Å². The zero-order chi connectivity index (χ0) is 13.8. The zero-order valence-electron chi connectivity index (χ0n) is 10.5. The summed E-state index contributed by atoms with van der Waals surface area (Å²) < 4.78 is 1.75. The van der Waals surface area contributed by atoms with E-state index in [9.17, 15) is 4.79 Å². The lowest BCUT2D eigenvalue weighted by molar-refractivity contribution is 0.0943. The fraction of sp³-hybridized carbons (Fsp3) is 0.500. The number of halogens is 3. The van der Waals surface area contributed by atoms with Crippen molar-refractivity contribution in [2.45, 2.75) is 30.5 Å². The van der Waals surface area contributed by atoms with Gasteiger partial charge >= 0.3 is 0 Å². The SMILES string of the molecule is O=C(NCC1CCC(Br)CC1)c1cc(Br)ccc1Br. The van der Waals surface area contributed by atoms with E-state index < -0.39 is 0 Å². The van der Waals surface area contributed by atoms with E-state index in [-0.39, 0.29) is 5.91 Å². The van der Waals surface area contributed by atoms with Crippen LogP contribution in [0.4, 0.5) is 0 Å². The van der Waals surface area contributed by atoms with E-state index in [0.29, 0.717) is 16.3 Å². The second kappa shape index (κ2) is 7.23. The fourth-order valence-corrected chi connectivity index (χ4v) is 3.65.